The van der Waals surface area contributed by atoms with Gasteiger partial charge in [-0.2, -0.15) is 10.2 Å². The topological polar surface area (TPSA) is 51.8 Å². The molecule has 0 aliphatic rings. The lowest BCUT2D eigenvalue weighted by atomic mass is 9.83. The van der Waals surface area contributed by atoms with Crippen LogP contribution in [0.5, 0.6) is 0 Å². The summed E-state index contributed by atoms with van der Waals surface area (Å²) in [6.45, 7) is 6.45. The Morgan fingerprint density at radius 2 is 1.82 bits per heavy atom. The molecule has 0 saturated carbocycles. The Morgan fingerprint density at radius 1 is 1.12 bits per heavy atom. The first-order chi connectivity index (χ1) is 8.11. The van der Waals surface area contributed by atoms with E-state index in [-0.39, 0.29) is 6.04 Å². The van der Waals surface area contributed by atoms with E-state index in [0.717, 1.165) is 5.52 Å². The molecule has 0 bridgehead atoms. The van der Waals surface area contributed by atoms with E-state index >= 15 is 0 Å². The normalized spacial score (nSPS) is 15.1. The molecule has 2 N–H and O–H groups in total. The number of hydrogen-bond donors (Lipinski definition) is 1. The highest BCUT2D eigenvalue weighted by atomic mass is 15.1. The van der Waals surface area contributed by atoms with Crippen LogP contribution in [-0.4, -0.2) is 16.2 Å². The van der Waals surface area contributed by atoms with E-state index in [1.54, 1.807) is 0 Å². The van der Waals surface area contributed by atoms with Crippen LogP contribution < -0.4 is 5.73 Å². The second kappa shape index (κ2) is 4.80. The van der Waals surface area contributed by atoms with Crippen molar-refractivity contribution in [3.05, 3.63) is 36.0 Å². The largest absolute Gasteiger partial charge is 0.327 e. The lowest BCUT2D eigenvalue weighted by Crippen LogP contribution is -2.28. The molecule has 0 saturated heterocycles. The molecule has 0 fully saturated rings. The van der Waals surface area contributed by atoms with E-state index in [2.05, 4.69) is 37.0 Å². The van der Waals surface area contributed by atoms with E-state index < -0.39 is 0 Å². The van der Waals surface area contributed by atoms with Crippen molar-refractivity contribution in [3.8, 4) is 0 Å². The number of aromatic nitrogens is 2. The fraction of sp³-hybridized carbons (Fsp3) is 0.429. The molecule has 2 rings (SSSR count). The molecule has 1 aromatic heterocycles. The number of nitrogens with two attached hydrogens (primary N) is 1. The van der Waals surface area contributed by atoms with E-state index in [9.17, 15) is 0 Å². The maximum absolute atomic E-state index is 6.11. The quantitative estimate of drug-likeness (QED) is 0.880. The predicted octanol–water partition coefficient (Wildman–Crippen LogP) is 2.72. The zero-order valence-electron chi connectivity index (χ0n) is 10.6. The number of rotatable bonds is 3. The third-order valence-electron chi connectivity index (χ3n) is 3.22. The van der Waals surface area contributed by atoms with Crippen molar-refractivity contribution in [1.82, 2.24) is 10.2 Å². The SMILES string of the molecule is CC(C)C(c1cnnc2ccccc12)C(C)N. The van der Waals surface area contributed by atoms with Crippen LogP contribution in [0.2, 0.25) is 0 Å². The predicted molar refractivity (Wildman–Crippen MR) is 70.8 cm³/mol. The first kappa shape index (κ1) is 12.0. The number of hydrogen-bond acceptors (Lipinski definition) is 3. The smallest absolute Gasteiger partial charge is 0.0932 e. The van der Waals surface area contributed by atoms with E-state index in [1.165, 1.54) is 10.9 Å². The van der Waals surface area contributed by atoms with Crippen LogP contribution in [0.3, 0.4) is 0 Å². The minimum atomic E-state index is 0.114. The van der Waals surface area contributed by atoms with Gasteiger partial charge < -0.3 is 5.73 Å². The first-order valence-electron chi connectivity index (χ1n) is 6.07. The molecule has 1 heterocycles. The number of fused-ring (bicyclic) bond motifs is 1. The molecule has 3 nitrogen and oxygen atoms in total. The summed E-state index contributed by atoms with van der Waals surface area (Å²) in [6.07, 6.45) is 1.86. The maximum Gasteiger partial charge on any atom is 0.0932 e. The molecule has 0 spiro atoms. The molecule has 2 unspecified atom stereocenters. The summed E-state index contributed by atoms with van der Waals surface area (Å²) in [5.41, 5.74) is 8.26. The summed E-state index contributed by atoms with van der Waals surface area (Å²) >= 11 is 0. The first-order valence-corrected chi connectivity index (χ1v) is 6.07. The summed E-state index contributed by atoms with van der Waals surface area (Å²) in [4.78, 5) is 0. The van der Waals surface area contributed by atoms with Crippen molar-refractivity contribution in [3.63, 3.8) is 0 Å². The second-order valence-electron chi connectivity index (χ2n) is 4.95. The van der Waals surface area contributed by atoms with Crippen molar-refractivity contribution in [2.45, 2.75) is 32.7 Å². The van der Waals surface area contributed by atoms with Crippen molar-refractivity contribution in [2.75, 3.05) is 0 Å². The van der Waals surface area contributed by atoms with Gasteiger partial charge in [0.15, 0.2) is 0 Å². The third-order valence-corrected chi connectivity index (χ3v) is 3.22. The Hall–Kier alpha value is -1.48. The van der Waals surface area contributed by atoms with Gasteiger partial charge in [-0.25, -0.2) is 0 Å². The summed E-state index contributed by atoms with van der Waals surface area (Å²) < 4.78 is 0. The fourth-order valence-corrected chi connectivity index (χ4v) is 2.54. The standard InChI is InChI=1S/C14H19N3/c1-9(2)14(10(3)15)12-8-16-17-13-7-5-4-6-11(12)13/h4-10,14H,15H2,1-3H3. The monoisotopic (exact) mass is 229 g/mol. The van der Waals surface area contributed by atoms with Gasteiger partial charge in [-0.1, -0.05) is 32.0 Å². The average molecular weight is 229 g/mol. The lowest BCUT2D eigenvalue weighted by Gasteiger charge is -2.25. The molecule has 0 aliphatic carbocycles. The van der Waals surface area contributed by atoms with Gasteiger partial charge in [0.2, 0.25) is 0 Å². The summed E-state index contributed by atoms with van der Waals surface area (Å²) in [5.74, 6) is 0.804. The van der Waals surface area contributed by atoms with Gasteiger partial charge in [0, 0.05) is 17.3 Å². The molecular formula is C14H19N3. The van der Waals surface area contributed by atoms with Gasteiger partial charge in [0.25, 0.3) is 0 Å². The van der Waals surface area contributed by atoms with Gasteiger partial charge in [-0.05, 0) is 24.5 Å². The van der Waals surface area contributed by atoms with E-state index in [0.29, 0.717) is 11.8 Å². The molecule has 1 aromatic carbocycles. The molecule has 0 aliphatic heterocycles. The Labute approximate surface area is 102 Å². The molecule has 2 aromatic rings. The van der Waals surface area contributed by atoms with Gasteiger partial charge in [0.05, 0.1) is 11.7 Å². The van der Waals surface area contributed by atoms with Crippen LogP contribution in [0.25, 0.3) is 10.9 Å². The average Bonchev–Trinajstić information content (AvgIpc) is 2.28. The van der Waals surface area contributed by atoms with Crippen LogP contribution in [-0.2, 0) is 0 Å². The molecule has 3 heteroatoms. The zero-order valence-corrected chi connectivity index (χ0v) is 10.6. The van der Waals surface area contributed by atoms with Crippen LogP contribution >= 0.6 is 0 Å². The molecular weight excluding hydrogens is 210 g/mol. The van der Waals surface area contributed by atoms with E-state index in [4.69, 9.17) is 5.73 Å². The van der Waals surface area contributed by atoms with Crippen LogP contribution in [0.4, 0.5) is 0 Å². The van der Waals surface area contributed by atoms with Gasteiger partial charge >= 0.3 is 0 Å². The van der Waals surface area contributed by atoms with Crippen molar-refractivity contribution < 1.29 is 0 Å². The van der Waals surface area contributed by atoms with Crippen LogP contribution in [0.15, 0.2) is 30.5 Å². The fourth-order valence-electron chi connectivity index (χ4n) is 2.54. The van der Waals surface area contributed by atoms with Gasteiger partial charge in [0.1, 0.15) is 0 Å². The minimum absolute atomic E-state index is 0.114. The lowest BCUT2D eigenvalue weighted by molar-refractivity contribution is 0.437. The molecule has 0 radical (unpaired) electrons. The maximum atomic E-state index is 6.11. The minimum Gasteiger partial charge on any atom is -0.327 e. The van der Waals surface area contributed by atoms with Crippen molar-refractivity contribution in [2.24, 2.45) is 11.7 Å². The molecule has 90 valence electrons. The second-order valence-corrected chi connectivity index (χ2v) is 4.95. The zero-order chi connectivity index (χ0) is 12.4. The Kier molecular flexibility index (Phi) is 3.38. The molecule has 0 amide bonds. The van der Waals surface area contributed by atoms with Crippen molar-refractivity contribution in [1.29, 1.82) is 0 Å². The molecule has 2 atom stereocenters. The Morgan fingerprint density at radius 3 is 2.47 bits per heavy atom. The van der Waals surface area contributed by atoms with E-state index in [1.807, 2.05) is 24.4 Å². The third kappa shape index (κ3) is 2.29. The Bertz CT molecular complexity index is 492. The number of benzene rings is 1. The van der Waals surface area contributed by atoms with Crippen LogP contribution in [0.1, 0.15) is 32.3 Å². The highest BCUT2D eigenvalue weighted by molar-refractivity contribution is 5.81. The highest BCUT2D eigenvalue weighted by Crippen LogP contribution is 2.31. The highest BCUT2D eigenvalue weighted by Gasteiger charge is 2.22. The summed E-state index contributed by atoms with van der Waals surface area (Å²) in [6, 6.07) is 8.22. The summed E-state index contributed by atoms with van der Waals surface area (Å²) in [5, 5.41) is 9.41. The van der Waals surface area contributed by atoms with Gasteiger partial charge in [-0.15, -0.1) is 0 Å². The summed E-state index contributed by atoms with van der Waals surface area (Å²) in [7, 11) is 0. The van der Waals surface area contributed by atoms with Crippen molar-refractivity contribution >= 4 is 10.9 Å². The van der Waals surface area contributed by atoms with Crippen LogP contribution in [0, 0.1) is 5.92 Å². The number of nitrogens with zero attached hydrogens (tertiary/aromatic N) is 2. The Balaban J connectivity index is 2.61. The van der Waals surface area contributed by atoms with Gasteiger partial charge in [-0.3, -0.25) is 0 Å². The molecule has 17 heavy (non-hydrogen) atoms.